The second-order valence-electron chi connectivity index (χ2n) is 9.80. The van der Waals surface area contributed by atoms with E-state index in [9.17, 15) is 0 Å². The number of hydrogen-bond acceptors (Lipinski definition) is 1. The number of halogens is 1. The molecule has 5 rings (SSSR count). The third-order valence-electron chi connectivity index (χ3n) is 7.03. The SMILES string of the molecule is CC1(C)C(C=CC(Cl)=CC=C2Cc3ccccc3N2)=[N+](CCCc2ccccc2)c2ccccc21. The van der Waals surface area contributed by atoms with Gasteiger partial charge in [0.2, 0.25) is 5.69 Å². The van der Waals surface area contributed by atoms with Crippen LogP contribution in [0.3, 0.4) is 0 Å². The topological polar surface area (TPSA) is 15.0 Å². The Bertz CT molecular complexity index is 1320. The lowest BCUT2D eigenvalue weighted by Crippen LogP contribution is -2.28. The Kier molecular flexibility index (Phi) is 6.74. The number of fused-ring (bicyclic) bond motifs is 2. The lowest BCUT2D eigenvalue weighted by Gasteiger charge is -2.15. The number of rotatable bonds is 7. The molecule has 0 radical (unpaired) electrons. The predicted molar refractivity (Wildman–Crippen MR) is 149 cm³/mol. The van der Waals surface area contributed by atoms with Crippen molar-refractivity contribution in [2.45, 2.75) is 38.5 Å². The van der Waals surface area contributed by atoms with Gasteiger partial charge in [0.1, 0.15) is 6.54 Å². The maximum atomic E-state index is 6.66. The third kappa shape index (κ3) is 5.04. The van der Waals surface area contributed by atoms with E-state index in [2.05, 4.69) is 115 Å². The van der Waals surface area contributed by atoms with E-state index < -0.39 is 0 Å². The Morgan fingerprint density at radius 2 is 1.71 bits per heavy atom. The van der Waals surface area contributed by atoms with Crippen LogP contribution >= 0.6 is 11.6 Å². The molecule has 2 heterocycles. The van der Waals surface area contributed by atoms with Gasteiger partial charge in [-0.05, 0) is 55.7 Å². The van der Waals surface area contributed by atoms with Crippen molar-refractivity contribution in [1.82, 2.24) is 0 Å². The molecule has 3 aromatic carbocycles. The highest BCUT2D eigenvalue weighted by molar-refractivity contribution is 6.31. The molecule has 0 unspecified atom stereocenters. The summed E-state index contributed by atoms with van der Waals surface area (Å²) in [6.07, 6.45) is 11.4. The summed E-state index contributed by atoms with van der Waals surface area (Å²) in [6, 6.07) is 27.9. The zero-order valence-electron chi connectivity index (χ0n) is 20.5. The Morgan fingerprint density at radius 3 is 2.54 bits per heavy atom. The Morgan fingerprint density at radius 1 is 0.971 bits per heavy atom. The van der Waals surface area contributed by atoms with Crippen molar-refractivity contribution < 1.29 is 4.58 Å². The minimum atomic E-state index is -0.0792. The largest absolute Gasteiger partial charge is 0.358 e. The molecule has 0 fully saturated rings. The van der Waals surface area contributed by atoms with Crippen LogP contribution in [0, 0.1) is 0 Å². The van der Waals surface area contributed by atoms with Gasteiger partial charge < -0.3 is 5.32 Å². The van der Waals surface area contributed by atoms with Crippen LogP contribution in [-0.4, -0.2) is 16.8 Å². The van der Waals surface area contributed by atoms with Crippen LogP contribution < -0.4 is 5.32 Å². The van der Waals surface area contributed by atoms with E-state index in [0.29, 0.717) is 0 Å². The van der Waals surface area contributed by atoms with Crippen LogP contribution in [0.2, 0.25) is 0 Å². The van der Waals surface area contributed by atoms with Gasteiger partial charge in [-0.2, -0.15) is 4.58 Å². The highest BCUT2D eigenvalue weighted by Gasteiger charge is 2.43. The minimum absolute atomic E-state index is 0.0792. The van der Waals surface area contributed by atoms with E-state index in [1.807, 2.05) is 12.2 Å². The highest BCUT2D eigenvalue weighted by atomic mass is 35.5. The number of anilines is 1. The average Bonchev–Trinajstić information content (AvgIpc) is 3.38. The average molecular weight is 480 g/mol. The van der Waals surface area contributed by atoms with E-state index >= 15 is 0 Å². The van der Waals surface area contributed by atoms with Crippen LogP contribution in [0.1, 0.15) is 37.0 Å². The number of allylic oxidation sites excluding steroid dienone is 6. The summed E-state index contributed by atoms with van der Waals surface area (Å²) in [4.78, 5) is 0. The molecular formula is C32H32ClN2+. The van der Waals surface area contributed by atoms with Gasteiger partial charge in [-0.15, -0.1) is 0 Å². The van der Waals surface area contributed by atoms with Gasteiger partial charge in [0, 0.05) is 47.0 Å². The molecule has 2 aliphatic heterocycles. The number of nitrogens with zero attached hydrogens (tertiary/aromatic N) is 1. The van der Waals surface area contributed by atoms with E-state index in [-0.39, 0.29) is 5.41 Å². The molecule has 3 heteroatoms. The smallest absolute Gasteiger partial charge is 0.209 e. The van der Waals surface area contributed by atoms with Crippen LogP contribution in [0.5, 0.6) is 0 Å². The summed E-state index contributed by atoms with van der Waals surface area (Å²) in [5, 5.41) is 4.20. The van der Waals surface area contributed by atoms with Crippen molar-refractivity contribution in [3.05, 3.63) is 131 Å². The van der Waals surface area contributed by atoms with Gasteiger partial charge in [-0.25, -0.2) is 0 Å². The van der Waals surface area contributed by atoms with Gasteiger partial charge in [0.15, 0.2) is 5.71 Å². The molecule has 1 N–H and O–H groups in total. The fourth-order valence-corrected chi connectivity index (χ4v) is 5.31. The number of aryl methyl sites for hydroxylation is 1. The van der Waals surface area contributed by atoms with E-state index in [0.717, 1.165) is 30.8 Å². The molecule has 0 bridgehead atoms. The van der Waals surface area contributed by atoms with Crippen LogP contribution in [0.4, 0.5) is 11.4 Å². The third-order valence-corrected chi connectivity index (χ3v) is 7.28. The molecule has 0 atom stereocenters. The summed E-state index contributed by atoms with van der Waals surface area (Å²) in [7, 11) is 0. The molecule has 2 nitrogen and oxygen atoms in total. The summed E-state index contributed by atoms with van der Waals surface area (Å²) in [5.41, 5.74) is 8.95. The molecule has 0 saturated heterocycles. The number of nitrogens with one attached hydrogen (secondary N) is 1. The van der Waals surface area contributed by atoms with E-state index in [1.165, 1.54) is 39.5 Å². The van der Waals surface area contributed by atoms with Crippen molar-refractivity contribution in [3.63, 3.8) is 0 Å². The number of benzene rings is 3. The lowest BCUT2D eigenvalue weighted by molar-refractivity contribution is -0.438. The monoisotopic (exact) mass is 479 g/mol. The van der Waals surface area contributed by atoms with Crippen LogP contribution in [-0.2, 0) is 18.3 Å². The van der Waals surface area contributed by atoms with Crippen LogP contribution in [0.25, 0.3) is 0 Å². The van der Waals surface area contributed by atoms with Gasteiger partial charge in [-0.1, -0.05) is 78.3 Å². The molecule has 0 aliphatic carbocycles. The molecule has 3 aromatic rings. The zero-order chi connectivity index (χ0) is 24.3. The molecule has 176 valence electrons. The normalized spacial score (nSPS) is 17.7. The lowest BCUT2D eigenvalue weighted by atomic mass is 9.81. The van der Waals surface area contributed by atoms with Crippen molar-refractivity contribution in [1.29, 1.82) is 0 Å². The first kappa shape index (κ1) is 23.4. The quantitative estimate of drug-likeness (QED) is 0.268. The van der Waals surface area contributed by atoms with Gasteiger partial charge in [0.25, 0.3) is 0 Å². The first-order chi connectivity index (χ1) is 17.0. The molecule has 2 aliphatic rings. The highest BCUT2D eigenvalue weighted by Crippen LogP contribution is 2.40. The number of para-hydroxylation sites is 2. The van der Waals surface area contributed by atoms with Crippen molar-refractivity contribution >= 4 is 28.7 Å². The maximum absolute atomic E-state index is 6.66. The fraction of sp³-hybridized carbons (Fsp3) is 0.219. The molecule has 35 heavy (non-hydrogen) atoms. The molecule has 0 saturated carbocycles. The van der Waals surface area contributed by atoms with Crippen molar-refractivity contribution in [2.75, 3.05) is 11.9 Å². The molecule has 0 aromatic heterocycles. The zero-order valence-corrected chi connectivity index (χ0v) is 21.2. The van der Waals surface area contributed by atoms with Crippen molar-refractivity contribution in [3.8, 4) is 0 Å². The van der Waals surface area contributed by atoms with Gasteiger partial charge in [-0.3, -0.25) is 0 Å². The van der Waals surface area contributed by atoms with Crippen LogP contribution in [0.15, 0.2) is 114 Å². The summed E-state index contributed by atoms with van der Waals surface area (Å²) < 4.78 is 2.48. The Balaban J connectivity index is 1.36. The van der Waals surface area contributed by atoms with Gasteiger partial charge >= 0.3 is 0 Å². The fourth-order valence-electron chi connectivity index (χ4n) is 5.18. The Hall–Kier alpha value is -3.36. The second-order valence-corrected chi connectivity index (χ2v) is 10.2. The van der Waals surface area contributed by atoms with Gasteiger partial charge in [0.05, 0.1) is 5.41 Å². The van der Waals surface area contributed by atoms with E-state index in [1.54, 1.807) is 0 Å². The minimum Gasteiger partial charge on any atom is -0.358 e. The molecule has 0 amide bonds. The maximum Gasteiger partial charge on any atom is 0.209 e. The number of hydrogen-bond donors (Lipinski definition) is 1. The second kappa shape index (κ2) is 10.1. The first-order valence-corrected chi connectivity index (χ1v) is 12.8. The van der Waals surface area contributed by atoms with E-state index in [4.69, 9.17) is 11.6 Å². The predicted octanol–water partition coefficient (Wildman–Crippen LogP) is 7.93. The molecule has 0 spiro atoms. The molecular weight excluding hydrogens is 448 g/mol. The standard InChI is InChI=1S/C32H31ClN2/c1-32(2)28-15-7-9-17-30(28)35(22-10-13-24-11-4-3-5-12-24)31(32)21-19-26(33)18-20-27-23-25-14-6-8-16-29(25)34-27/h3-9,11-12,14-21H,10,13,22-23H2,1-2H3/p+1. The summed E-state index contributed by atoms with van der Waals surface area (Å²) >= 11 is 6.66. The summed E-state index contributed by atoms with van der Waals surface area (Å²) in [6.45, 7) is 5.59. The summed E-state index contributed by atoms with van der Waals surface area (Å²) in [5.74, 6) is 0. The Labute approximate surface area is 214 Å². The first-order valence-electron chi connectivity index (χ1n) is 12.4. The van der Waals surface area contributed by atoms with Crippen molar-refractivity contribution in [2.24, 2.45) is 0 Å².